The molecular weight excluding hydrogens is 417 g/mol. The Labute approximate surface area is 181 Å². The molecule has 1 N–H and O–H groups in total. The average molecular weight is 442 g/mol. The van der Waals surface area contributed by atoms with Crippen LogP contribution in [0.4, 0.5) is 10.2 Å². The summed E-state index contributed by atoms with van der Waals surface area (Å²) >= 11 is 0. The first-order valence-corrected chi connectivity index (χ1v) is 11.4. The maximum atomic E-state index is 13.1. The van der Waals surface area contributed by atoms with E-state index in [0.29, 0.717) is 18.8 Å². The Morgan fingerprint density at radius 2 is 1.52 bits per heavy atom. The van der Waals surface area contributed by atoms with Crippen LogP contribution < -0.4 is 4.72 Å². The van der Waals surface area contributed by atoms with Crippen LogP contribution in [0.5, 0.6) is 0 Å². The van der Waals surface area contributed by atoms with Gasteiger partial charge in [0.2, 0.25) is 5.91 Å². The molecule has 0 bridgehead atoms. The maximum Gasteiger partial charge on any atom is 0.263 e. The van der Waals surface area contributed by atoms with Gasteiger partial charge in [0.05, 0.1) is 17.0 Å². The highest BCUT2D eigenvalue weighted by molar-refractivity contribution is 7.92. The number of rotatable bonds is 8. The minimum atomic E-state index is -3.86. The van der Waals surface area contributed by atoms with E-state index in [1.807, 2.05) is 13.8 Å². The predicted molar refractivity (Wildman–Crippen MR) is 119 cm³/mol. The topological polar surface area (TPSA) is 79.4 Å². The number of likely N-dealkylation sites (N-methyl/N-ethyl adjacent to an activating group) is 1. The van der Waals surface area contributed by atoms with Gasteiger partial charge in [-0.2, -0.15) is 0 Å². The van der Waals surface area contributed by atoms with E-state index >= 15 is 0 Å². The van der Waals surface area contributed by atoms with Crippen molar-refractivity contribution >= 4 is 21.7 Å². The second-order valence-corrected chi connectivity index (χ2v) is 8.58. The number of carbonyl (C=O) groups is 1. The van der Waals surface area contributed by atoms with Crippen molar-refractivity contribution in [3.63, 3.8) is 0 Å². The summed E-state index contributed by atoms with van der Waals surface area (Å²) in [5.74, 6) is -0.248. The van der Waals surface area contributed by atoms with Crippen molar-refractivity contribution in [2.45, 2.75) is 25.2 Å². The highest BCUT2D eigenvalue weighted by Gasteiger charge is 2.16. The molecule has 162 valence electrons. The Bertz CT molecular complexity index is 1140. The summed E-state index contributed by atoms with van der Waals surface area (Å²) < 4.78 is 41.1. The van der Waals surface area contributed by atoms with Gasteiger partial charge in [-0.15, -0.1) is 0 Å². The third kappa shape index (κ3) is 5.67. The monoisotopic (exact) mass is 441 g/mol. The van der Waals surface area contributed by atoms with Crippen LogP contribution in [0.2, 0.25) is 0 Å². The van der Waals surface area contributed by atoms with Crippen molar-refractivity contribution in [3.05, 3.63) is 78.2 Å². The number of aromatic nitrogens is 1. The number of amides is 1. The number of pyridine rings is 1. The quantitative estimate of drug-likeness (QED) is 0.571. The summed E-state index contributed by atoms with van der Waals surface area (Å²) in [6, 6.07) is 17.1. The van der Waals surface area contributed by atoms with E-state index in [0.717, 1.165) is 11.1 Å². The van der Waals surface area contributed by atoms with E-state index in [-0.39, 0.29) is 28.9 Å². The van der Waals surface area contributed by atoms with Gasteiger partial charge in [0.1, 0.15) is 11.6 Å². The number of nitrogens with one attached hydrogen (secondary N) is 1. The zero-order valence-corrected chi connectivity index (χ0v) is 18.2. The molecule has 3 aromatic rings. The Morgan fingerprint density at radius 3 is 2.10 bits per heavy atom. The zero-order chi connectivity index (χ0) is 22.4. The molecule has 1 amide bonds. The van der Waals surface area contributed by atoms with Crippen LogP contribution in [0.25, 0.3) is 11.1 Å². The molecule has 1 aromatic heterocycles. The lowest BCUT2D eigenvalue weighted by molar-refractivity contribution is -0.130. The molecule has 6 nitrogen and oxygen atoms in total. The number of benzene rings is 2. The van der Waals surface area contributed by atoms with Crippen molar-refractivity contribution in [1.29, 1.82) is 0 Å². The standard InChI is InChI=1S/C23H24FN3O3S/c1-3-27(4-2)23(28)16-20-6-5-7-22(25-20)26-31(29,30)21-14-10-18(11-15-21)17-8-12-19(24)13-9-17/h5-15H,3-4,16H2,1-2H3,(H,25,26). The van der Waals surface area contributed by atoms with Crippen molar-refractivity contribution < 1.29 is 17.6 Å². The first-order valence-electron chi connectivity index (χ1n) is 9.95. The lowest BCUT2D eigenvalue weighted by Crippen LogP contribution is -2.32. The van der Waals surface area contributed by atoms with Crippen molar-refractivity contribution in [3.8, 4) is 11.1 Å². The van der Waals surface area contributed by atoms with Crippen LogP contribution >= 0.6 is 0 Å². The maximum absolute atomic E-state index is 13.1. The van der Waals surface area contributed by atoms with E-state index in [1.165, 1.54) is 30.3 Å². The molecule has 0 saturated heterocycles. The van der Waals surface area contributed by atoms with Gasteiger partial charge in [-0.3, -0.25) is 9.52 Å². The average Bonchev–Trinajstić information content (AvgIpc) is 2.75. The van der Waals surface area contributed by atoms with E-state index < -0.39 is 10.0 Å². The summed E-state index contributed by atoms with van der Waals surface area (Å²) in [5, 5.41) is 0. The molecule has 0 atom stereocenters. The molecule has 0 aliphatic carbocycles. The fourth-order valence-electron chi connectivity index (χ4n) is 3.14. The highest BCUT2D eigenvalue weighted by atomic mass is 32.2. The molecule has 2 aromatic carbocycles. The molecule has 8 heteroatoms. The third-order valence-corrected chi connectivity index (χ3v) is 6.21. The molecule has 0 radical (unpaired) electrons. The van der Waals surface area contributed by atoms with Crippen molar-refractivity contribution in [2.24, 2.45) is 0 Å². The number of hydrogen-bond donors (Lipinski definition) is 1. The Kier molecular flexibility index (Phi) is 7.02. The molecule has 0 unspecified atom stereocenters. The molecule has 0 aliphatic rings. The smallest absolute Gasteiger partial charge is 0.263 e. The SMILES string of the molecule is CCN(CC)C(=O)Cc1cccc(NS(=O)(=O)c2ccc(-c3ccc(F)cc3)cc2)n1. The number of hydrogen-bond acceptors (Lipinski definition) is 4. The predicted octanol–water partition coefficient (Wildman–Crippen LogP) is 4.10. The third-order valence-electron chi connectivity index (χ3n) is 4.84. The van der Waals surface area contributed by atoms with Gasteiger partial charge in [0.25, 0.3) is 10.0 Å². The molecule has 0 spiro atoms. The van der Waals surface area contributed by atoms with Gasteiger partial charge in [-0.25, -0.2) is 17.8 Å². The fraction of sp³-hybridized carbons (Fsp3) is 0.217. The summed E-state index contributed by atoms with van der Waals surface area (Å²) in [7, 11) is -3.86. The molecule has 0 aliphatic heterocycles. The van der Waals surface area contributed by atoms with Gasteiger partial charge < -0.3 is 4.90 Å². The lowest BCUT2D eigenvalue weighted by atomic mass is 10.1. The number of nitrogens with zero attached hydrogens (tertiary/aromatic N) is 2. The normalized spacial score (nSPS) is 11.2. The summed E-state index contributed by atoms with van der Waals surface area (Å²) in [6.07, 6.45) is 0.101. The second-order valence-electron chi connectivity index (χ2n) is 6.89. The number of sulfonamides is 1. The molecule has 0 fully saturated rings. The summed E-state index contributed by atoms with van der Waals surface area (Å²) in [6.45, 7) is 5.02. The first kappa shape index (κ1) is 22.4. The minimum absolute atomic E-state index is 0.0612. The van der Waals surface area contributed by atoms with E-state index in [1.54, 1.807) is 41.3 Å². The van der Waals surface area contributed by atoms with Crippen LogP contribution in [-0.2, 0) is 21.2 Å². The van der Waals surface area contributed by atoms with Crippen molar-refractivity contribution in [1.82, 2.24) is 9.88 Å². The van der Waals surface area contributed by atoms with Gasteiger partial charge in [-0.1, -0.05) is 30.3 Å². The number of halogens is 1. The largest absolute Gasteiger partial charge is 0.343 e. The molecule has 31 heavy (non-hydrogen) atoms. The van der Waals surface area contributed by atoms with Gasteiger partial charge in [-0.05, 0) is 61.4 Å². The van der Waals surface area contributed by atoms with Crippen LogP contribution in [0.1, 0.15) is 19.5 Å². The second kappa shape index (κ2) is 9.70. The van der Waals surface area contributed by atoms with Crippen LogP contribution in [-0.4, -0.2) is 37.3 Å². The summed E-state index contributed by atoms with van der Waals surface area (Å²) in [4.78, 5) is 18.3. The van der Waals surface area contributed by atoms with Crippen molar-refractivity contribution in [2.75, 3.05) is 17.8 Å². The fourth-order valence-corrected chi connectivity index (χ4v) is 4.14. The highest BCUT2D eigenvalue weighted by Crippen LogP contribution is 2.22. The molecule has 1 heterocycles. The first-order chi connectivity index (χ1) is 14.8. The van der Waals surface area contributed by atoms with Crippen LogP contribution in [0.3, 0.4) is 0 Å². The zero-order valence-electron chi connectivity index (χ0n) is 17.4. The molecule has 3 rings (SSSR count). The minimum Gasteiger partial charge on any atom is -0.343 e. The Morgan fingerprint density at radius 1 is 0.935 bits per heavy atom. The Balaban J connectivity index is 1.74. The van der Waals surface area contributed by atoms with Gasteiger partial charge >= 0.3 is 0 Å². The number of carbonyl (C=O) groups excluding carboxylic acids is 1. The van der Waals surface area contributed by atoms with Gasteiger partial charge in [0.15, 0.2) is 0 Å². The summed E-state index contributed by atoms with van der Waals surface area (Å²) in [5.41, 5.74) is 2.04. The molecular formula is C23H24FN3O3S. The molecule has 0 saturated carbocycles. The Hall–Kier alpha value is -3.26. The van der Waals surface area contributed by atoms with E-state index in [4.69, 9.17) is 0 Å². The van der Waals surface area contributed by atoms with Crippen LogP contribution in [0.15, 0.2) is 71.6 Å². The lowest BCUT2D eigenvalue weighted by Gasteiger charge is -2.18. The number of anilines is 1. The van der Waals surface area contributed by atoms with E-state index in [2.05, 4.69) is 9.71 Å². The van der Waals surface area contributed by atoms with Gasteiger partial charge in [0, 0.05) is 13.1 Å². The van der Waals surface area contributed by atoms with E-state index in [9.17, 15) is 17.6 Å². The van der Waals surface area contributed by atoms with Crippen LogP contribution in [0, 0.1) is 5.82 Å².